The lowest BCUT2D eigenvalue weighted by atomic mass is 9.94. The first-order valence-corrected chi connectivity index (χ1v) is 9.40. The van der Waals surface area contributed by atoms with Crippen molar-refractivity contribution in [3.63, 3.8) is 0 Å². The summed E-state index contributed by atoms with van der Waals surface area (Å²) in [6, 6.07) is 6.81. The Bertz CT molecular complexity index is 880. The van der Waals surface area contributed by atoms with E-state index in [0.29, 0.717) is 60.6 Å². The summed E-state index contributed by atoms with van der Waals surface area (Å²) in [7, 11) is 4.79. The third kappa shape index (κ3) is 3.61. The highest BCUT2D eigenvalue weighted by molar-refractivity contribution is 5.58. The van der Waals surface area contributed by atoms with Crippen LogP contribution >= 0.6 is 0 Å². The molecule has 8 nitrogen and oxygen atoms in total. The fraction of sp³-hybridized carbons (Fsp3) is 0.429. The zero-order chi connectivity index (χ0) is 20.4. The molecule has 1 saturated heterocycles. The van der Waals surface area contributed by atoms with Crippen molar-refractivity contribution in [1.29, 1.82) is 0 Å². The van der Waals surface area contributed by atoms with Crippen molar-refractivity contribution in [3.05, 3.63) is 35.4 Å². The van der Waals surface area contributed by atoms with Crippen LogP contribution < -0.4 is 23.7 Å². The molecule has 1 fully saturated rings. The highest BCUT2D eigenvalue weighted by atomic mass is 16.7. The molecule has 0 aliphatic carbocycles. The van der Waals surface area contributed by atoms with Gasteiger partial charge in [0, 0.05) is 36.3 Å². The van der Waals surface area contributed by atoms with Crippen LogP contribution in [0.5, 0.6) is 34.5 Å². The van der Waals surface area contributed by atoms with Gasteiger partial charge in [-0.15, -0.1) is 0 Å². The van der Waals surface area contributed by atoms with Crippen LogP contribution in [-0.4, -0.2) is 64.4 Å². The molecule has 0 unspecified atom stereocenters. The first-order valence-electron chi connectivity index (χ1n) is 9.40. The van der Waals surface area contributed by atoms with Gasteiger partial charge in [0.15, 0.2) is 23.0 Å². The van der Waals surface area contributed by atoms with Gasteiger partial charge in [0.2, 0.25) is 6.79 Å². The quantitative estimate of drug-likeness (QED) is 0.789. The van der Waals surface area contributed by atoms with Crippen molar-refractivity contribution < 1.29 is 33.5 Å². The van der Waals surface area contributed by atoms with Crippen LogP contribution in [-0.2, 0) is 4.74 Å². The van der Waals surface area contributed by atoms with E-state index < -0.39 is 0 Å². The molecule has 0 bridgehead atoms. The number of nitrogens with zero attached hydrogens (tertiary/aromatic N) is 1. The Kier molecular flexibility index (Phi) is 5.55. The first-order chi connectivity index (χ1) is 14.2. The van der Waals surface area contributed by atoms with Gasteiger partial charge in [-0.1, -0.05) is 0 Å². The minimum absolute atomic E-state index is 0.127. The van der Waals surface area contributed by atoms with Crippen molar-refractivity contribution in [2.75, 3.05) is 54.4 Å². The van der Waals surface area contributed by atoms with Crippen LogP contribution in [0.1, 0.15) is 17.2 Å². The lowest BCUT2D eigenvalue weighted by molar-refractivity contribution is 0.0231. The van der Waals surface area contributed by atoms with E-state index in [0.717, 1.165) is 5.56 Å². The molecule has 8 heteroatoms. The van der Waals surface area contributed by atoms with Crippen molar-refractivity contribution in [2.45, 2.75) is 6.04 Å². The van der Waals surface area contributed by atoms with E-state index in [1.165, 1.54) is 0 Å². The molecule has 4 rings (SSSR count). The highest BCUT2D eigenvalue weighted by Crippen LogP contribution is 2.47. The van der Waals surface area contributed by atoms with Crippen molar-refractivity contribution in [2.24, 2.45) is 0 Å². The van der Waals surface area contributed by atoms with Crippen LogP contribution in [0.2, 0.25) is 0 Å². The normalized spacial score (nSPS) is 17.1. The van der Waals surface area contributed by atoms with Gasteiger partial charge in [-0.25, -0.2) is 0 Å². The van der Waals surface area contributed by atoms with Crippen molar-refractivity contribution in [3.8, 4) is 34.5 Å². The molecular formula is C21H25NO7. The standard InChI is InChI=1S/C21H25NO7/c1-24-16-11-18(26-3)17(25-2)9-14(16)21(22-4-6-27-7-5-22)13-8-19-20(10-15(13)23)29-12-28-19/h8-11,21,23H,4-7,12H2,1-3H3/t21-/m1/s1. The number of phenols is 1. The van der Waals surface area contributed by atoms with Crippen LogP contribution in [0.25, 0.3) is 0 Å². The molecule has 0 spiro atoms. The Hall–Kier alpha value is -2.84. The number of methoxy groups -OCH3 is 3. The minimum Gasteiger partial charge on any atom is -0.507 e. The summed E-state index contributed by atoms with van der Waals surface area (Å²) in [6.07, 6.45) is 0. The summed E-state index contributed by atoms with van der Waals surface area (Å²) >= 11 is 0. The average Bonchev–Trinajstić information content (AvgIpc) is 3.21. The molecule has 2 aromatic carbocycles. The predicted molar refractivity (Wildman–Crippen MR) is 105 cm³/mol. The van der Waals surface area contributed by atoms with E-state index in [4.69, 9.17) is 28.4 Å². The Balaban J connectivity index is 1.88. The summed E-state index contributed by atoms with van der Waals surface area (Å²) in [5.74, 6) is 3.06. The topological polar surface area (TPSA) is 78.9 Å². The van der Waals surface area contributed by atoms with E-state index in [9.17, 15) is 5.11 Å². The van der Waals surface area contributed by atoms with Gasteiger partial charge >= 0.3 is 0 Å². The number of fused-ring (bicyclic) bond motifs is 1. The maximum atomic E-state index is 10.8. The van der Waals surface area contributed by atoms with E-state index in [2.05, 4.69) is 4.90 Å². The molecule has 156 valence electrons. The van der Waals surface area contributed by atoms with Crippen molar-refractivity contribution >= 4 is 0 Å². The van der Waals surface area contributed by atoms with Crippen LogP contribution in [0.3, 0.4) is 0 Å². The maximum absolute atomic E-state index is 10.8. The Morgan fingerprint density at radius 3 is 2.10 bits per heavy atom. The number of ether oxygens (including phenoxy) is 6. The van der Waals surface area contributed by atoms with Crippen LogP contribution in [0.15, 0.2) is 24.3 Å². The average molecular weight is 403 g/mol. The fourth-order valence-corrected chi connectivity index (χ4v) is 3.83. The first kappa shape index (κ1) is 19.5. The zero-order valence-corrected chi connectivity index (χ0v) is 16.8. The van der Waals surface area contributed by atoms with Gasteiger partial charge in [0.25, 0.3) is 0 Å². The lowest BCUT2D eigenvalue weighted by Gasteiger charge is -2.36. The molecule has 2 aromatic rings. The summed E-state index contributed by atoms with van der Waals surface area (Å²) in [4.78, 5) is 2.24. The smallest absolute Gasteiger partial charge is 0.231 e. The molecular weight excluding hydrogens is 378 g/mol. The number of hydrogen-bond acceptors (Lipinski definition) is 8. The number of phenolic OH excluding ortho intramolecular Hbond substituents is 1. The molecule has 0 aromatic heterocycles. The van der Waals surface area contributed by atoms with Gasteiger partial charge in [-0.3, -0.25) is 4.90 Å². The summed E-state index contributed by atoms with van der Waals surface area (Å²) < 4.78 is 33.1. The van der Waals surface area contributed by atoms with E-state index in [-0.39, 0.29) is 18.6 Å². The van der Waals surface area contributed by atoms with Crippen molar-refractivity contribution in [1.82, 2.24) is 4.90 Å². The van der Waals surface area contributed by atoms with Gasteiger partial charge in [0.1, 0.15) is 11.5 Å². The van der Waals surface area contributed by atoms with E-state index in [1.807, 2.05) is 12.1 Å². The van der Waals surface area contributed by atoms with Crippen LogP contribution in [0.4, 0.5) is 0 Å². The van der Waals surface area contributed by atoms with Crippen LogP contribution in [0, 0.1) is 0 Å². The monoisotopic (exact) mass is 403 g/mol. The molecule has 1 N–H and O–H groups in total. The Morgan fingerprint density at radius 2 is 1.45 bits per heavy atom. The molecule has 0 saturated carbocycles. The number of aromatic hydroxyl groups is 1. The molecule has 2 aliphatic heterocycles. The second kappa shape index (κ2) is 8.26. The largest absolute Gasteiger partial charge is 0.507 e. The molecule has 2 heterocycles. The summed E-state index contributed by atoms with van der Waals surface area (Å²) in [5.41, 5.74) is 1.54. The second-order valence-corrected chi connectivity index (χ2v) is 6.76. The van der Waals surface area contributed by atoms with E-state index in [1.54, 1.807) is 33.5 Å². The predicted octanol–water partition coefficient (Wildman–Crippen LogP) is 2.57. The number of benzene rings is 2. The molecule has 1 atom stereocenters. The molecule has 0 amide bonds. The number of rotatable bonds is 6. The second-order valence-electron chi connectivity index (χ2n) is 6.76. The van der Waals surface area contributed by atoms with Gasteiger partial charge in [0.05, 0.1) is 40.6 Å². The SMILES string of the molecule is COc1cc(OC)c([C@@H](c2cc3c(cc2O)OCO3)N2CCOCC2)cc1OC. The third-order valence-corrected chi connectivity index (χ3v) is 5.26. The van der Waals surface area contributed by atoms with E-state index >= 15 is 0 Å². The Labute approximate surface area is 169 Å². The summed E-state index contributed by atoms with van der Waals surface area (Å²) in [5, 5.41) is 10.8. The number of morpholine rings is 1. The minimum atomic E-state index is -0.303. The Morgan fingerprint density at radius 1 is 0.828 bits per heavy atom. The molecule has 29 heavy (non-hydrogen) atoms. The molecule has 2 aliphatic rings. The van der Waals surface area contributed by atoms with Gasteiger partial charge < -0.3 is 33.5 Å². The third-order valence-electron chi connectivity index (χ3n) is 5.26. The molecule has 0 radical (unpaired) electrons. The lowest BCUT2D eigenvalue weighted by Crippen LogP contribution is -2.39. The summed E-state index contributed by atoms with van der Waals surface area (Å²) in [6.45, 7) is 2.76. The number of hydrogen-bond donors (Lipinski definition) is 1. The van der Waals surface area contributed by atoms with Gasteiger partial charge in [-0.2, -0.15) is 0 Å². The fourth-order valence-electron chi connectivity index (χ4n) is 3.83. The maximum Gasteiger partial charge on any atom is 0.231 e. The zero-order valence-electron chi connectivity index (χ0n) is 16.8. The highest BCUT2D eigenvalue weighted by Gasteiger charge is 2.32. The van der Waals surface area contributed by atoms with Gasteiger partial charge in [-0.05, 0) is 12.1 Å².